The van der Waals surface area contributed by atoms with Gasteiger partial charge in [-0.15, -0.1) is 0 Å². The van der Waals surface area contributed by atoms with Crippen molar-refractivity contribution in [2.45, 2.75) is 118 Å². The first kappa shape index (κ1) is 25.3. The first-order chi connectivity index (χ1) is 16.5. The highest BCUT2D eigenvalue weighted by Gasteiger charge is 2.59. The minimum absolute atomic E-state index is 0.0850. The maximum Gasteiger partial charge on any atom is 0.302 e. The summed E-state index contributed by atoms with van der Waals surface area (Å²) in [7, 11) is 0. The fraction of sp³-hybridized carbons (Fsp3) is 0.871. The lowest BCUT2D eigenvalue weighted by molar-refractivity contribution is -0.148. The number of hydrogen-bond donors (Lipinski definition) is 0. The highest BCUT2D eigenvalue weighted by Crippen LogP contribution is 2.67. The number of esters is 1. The van der Waals surface area contributed by atoms with E-state index in [1.807, 2.05) is 0 Å². The van der Waals surface area contributed by atoms with E-state index in [0.29, 0.717) is 28.7 Å². The molecular weight excluding hydrogens is 434 g/mol. The van der Waals surface area contributed by atoms with Crippen LogP contribution in [0.25, 0.3) is 0 Å². The van der Waals surface area contributed by atoms with Crippen molar-refractivity contribution in [1.29, 1.82) is 0 Å². The van der Waals surface area contributed by atoms with Gasteiger partial charge in [0.05, 0.1) is 0 Å². The lowest BCUT2D eigenvalue weighted by Gasteiger charge is -2.58. The molecule has 0 bridgehead atoms. The van der Waals surface area contributed by atoms with Gasteiger partial charge in [-0.25, -0.2) is 0 Å². The predicted octanol–water partition coefficient (Wildman–Crippen LogP) is 6.78. The van der Waals surface area contributed by atoms with Crippen molar-refractivity contribution in [3.8, 4) is 0 Å². The van der Waals surface area contributed by atoms with Crippen molar-refractivity contribution in [1.82, 2.24) is 4.90 Å². The summed E-state index contributed by atoms with van der Waals surface area (Å²) in [4.78, 5) is 26.0. The summed E-state index contributed by atoms with van der Waals surface area (Å²) in [5.74, 6) is 4.68. The molecule has 1 heterocycles. The first-order valence-electron chi connectivity index (χ1n) is 14.7. The van der Waals surface area contributed by atoms with E-state index in [0.717, 1.165) is 43.1 Å². The molecule has 4 aliphatic carbocycles. The smallest absolute Gasteiger partial charge is 0.302 e. The molecule has 196 valence electrons. The topological polar surface area (TPSA) is 46.6 Å². The summed E-state index contributed by atoms with van der Waals surface area (Å²) in [6, 6.07) is 0.447. The molecule has 4 heteroatoms. The second-order valence-corrected chi connectivity index (χ2v) is 13.8. The molecule has 35 heavy (non-hydrogen) atoms. The fourth-order valence-electron chi connectivity index (χ4n) is 10.3. The third-order valence-corrected chi connectivity index (χ3v) is 11.8. The number of likely N-dealkylation sites (tertiary alicyclic amines) is 1. The average Bonchev–Trinajstić information content (AvgIpc) is 3.33. The monoisotopic (exact) mass is 483 g/mol. The van der Waals surface area contributed by atoms with Crippen LogP contribution in [0.15, 0.2) is 11.6 Å². The Hall–Kier alpha value is -1.32. The molecule has 0 radical (unpaired) electrons. The van der Waals surface area contributed by atoms with Gasteiger partial charge in [-0.3, -0.25) is 9.59 Å². The molecule has 10 unspecified atom stereocenters. The normalized spacial score (nSPS) is 45.7. The van der Waals surface area contributed by atoms with Crippen molar-refractivity contribution in [3.05, 3.63) is 11.6 Å². The third-order valence-electron chi connectivity index (χ3n) is 11.8. The zero-order valence-corrected chi connectivity index (χ0v) is 23.1. The average molecular weight is 484 g/mol. The second kappa shape index (κ2) is 9.21. The van der Waals surface area contributed by atoms with Crippen LogP contribution in [0.2, 0.25) is 0 Å². The van der Waals surface area contributed by atoms with Crippen molar-refractivity contribution < 1.29 is 14.3 Å². The summed E-state index contributed by atoms with van der Waals surface area (Å²) in [5, 5.41) is 0. The zero-order valence-electron chi connectivity index (χ0n) is 23.1. The molecule has 0 aromatic rings. The molecule has 5 rings (SSSR count). The van der Waals surface area contributed by atoms with Crippen LogP contribution < -0.4 is 0 Å². The molecular formula is C31H49NO3. The molecule has 0 aromatic carbocycles. The zero-order chi connectivity index (χ0) is 25.1. The standard InChI is InChI=1S/C31H49NO3/c1-19-15-24(32(18-19)21(3)33)16-20(2)27-9-10-28-26-8-7-23-17-25(35-22(4)34)11-13-30(23,5)29(26)12-14-31(27,28)6/h7,19-20,24-29H,8-18H2,1-6H3. The van der Waals surface area contributed by atoms with Crippen LogP contribution in [0.1, 0.15) is 106 Å². The van der Waals surface area contributed by atoms with Crippen LogP contribution in [-0.2, 0) is 14.3 Å². The van der Waals surface area contributed by atoms with Crippen molar-refractivity contribution in [3.63, 3.8) is 0 Å². The van der Waals surface area contributed by atoms with Gasteiger partial charge >= 0.3 is 5.97 Å². The van der Waals surface area contributed by atoms with E-state index in [1.165, 1.54) is 51.4 Å². The number of carbonyl (C=O) groups excluding carboxylic acids is 2. The molecule has 4 fully saturated rings. The Labute approximate surface area is 213 Å². The molecule has 3 saturated carbocycles. The van der Waals surface area contributed by atoms with E-state index in [1.54, 1.807) is 19.4 Å². The van der Waals surface area contributed by atoms with E-state index < -0.39 is 0 Å². The summed E-state index contributed by atoms with van der Waals surface area (Å²) in [6.07, 6.45) is 14.9. The van der Waals surface area contributed by atoms with Gasteiger partial charge in [0.1, 0.15) is 6.10 Å². The predicted molar refractivity (Wildman–Crippen MR) is 139 cm³/mol. The second-order valence-electron chi connectivity index (χ2n) is 13.8. The maximum absolute atomic E-state index is 12.3. The fourth-order valence-corrected chi connectivity index (χ4v) is 10.3. The van der Waals surface area contributed by atoms with Crippen molar-refractivity contribution in [2.75, 3.05) is 6.54 Å². The van der Waals surface area contributed by atoms with Gasteiger partial charge in [0.25, 0.3) is 0 Å². The molecule has 1 saturated heterocycles. The molecule has 0 spiro atoms. The van der Waals surface area contributed by atoms with E-state index in [2.05, 4.69) is 38.7 Å². The summed E-state index contributed by atoms with van der Waals surface area (Å²) in [5.41, 5.74) is 2.33. The first-order valence-corrected chi connectivity index (χ1v) is 14.7. The van der Waals surface area contributed by atoms with E-state index in [4.69, 9.17) is 4.74 Å². The molecule has 1 aliphatic heterocycles. The Balaban J connectivity index is 1.30. The number of ether oxygens (including phenoxy) is 1. The number of fused-ring (bicyclic) bond motifs is 5. The van der Waals surface area contributed by atoms with Gasteiger partial charge in [0.15, 0.2) is 0 Å². The van der Waals surface area contributed by atoms with Crippen molar-refractivity contribution >= 4 is 11.9 Å². The van der Waals surface area contributed by atoms with Gasteiger partial charge in [0.2, 0.25) is 5.91 Å². The number of carbonyl (C=O) groups is 2. The SMILES string of the molecule is CC(=O)OC1CCC2(C)C(=CCC3C2CCC2(C)C(C(C)CC4CC(C)CN4C(C)=O)CCC32)C1. The summed E-state index contributed by atoms with van der Waals surface area (Å²) >= 11 is 0. The molecule has 0 N–H and O–H groups in total. The summed E-state index contributed by atoms with van der Waals surface area (Å²) in [6.45, 7) is 14.2. The van der Waals surface area contributed by atoms with Gasteiger partial charge < -0.3 is 9.64 Å². The molecule has 5 aliphatic rings. The van der Waals surface area contributed by atoms with E-state index in [9.17, 15) is 9.59 Å². The lowest BCUT2D eigenvalue weighted by Crippen LogP contribution is -2.51. The van der Waals surface area contributed by atoms with Crippen molar-refractivity contribution in [2.24, 2.45) is 46.3 Å². The van der Waals surface area contributed by atoms with Crippen LogP contribution in [-0.4, -0.2) is 35.5 Å². The number of amides is 1. The maximum atomic E-state index is 12.3. The van der Waals surface area contributed by atoms with Crippen LogP contribution in [0.3, 0.4) is 0 Å². The Morgan fingerprint density at radius 1 is 1.11 bits per heavy atom. The summed E-state index contributed by atoms with van der Waals surface area (Å²) < 4.78 is 5.63. The number of allylic oxidation sites excluding steroid dienone is 1. The third kappa shape index (κ3) is 4.29. The number of nitrogens with zero attached hydrogens (tertiary/aromatic N) is 1. The quantitative estimate of drug-likeness (QED) is 0.327. The highest BCUT2D eigenvalue weighted by atomic mass is 16.5. The minimum atomic E-state index is -0.133. The Morgan fingerprint density at radius 3 is 2.60 bits per heavy atom. The van der Waals surface area contributed by atoms with Gasteiger partial charge in [-0.1, -0.05) is 39.3 Å². The van der Waals surface area contributed by atoms with Crippen LogP contribution in [0, 0.1) is 46.3 Å². The van der Waals surface area contributed by atoms with Gasteiger partial charge in [-0.05, 0) is 104 Å². The van der Waals surface area contributed by atoms with Crippen LogP contribution in [0.4, 0.5) is 0 Å². The Bertz CT molecular complexity index is 880. The number of rotatable bonds is 4. The highest BCUT2D eigenvalue weighted by molar-refractivity contribution is 5.74. The number of hydrogen-bond acceptors (Lipinski definition) is 3. The van der Waals surface area contributed by atoms with Crippen LogP contribution in [0.5, 0.6) is 0 Å². The molecule has 1 amide bonds. The van der Waals surface area contributed by atoms with Gasteiger partial charge in [0, 0.05) is 32.9 Å². The Morgan fingerprint density at radius 2 is 1.89 bits per heavy atom. The molecule has 4 nitrogen and oxygen atoms in total. The molecule has 0 aromatic heterocycles. The largest absolute Gasteiger partial charge is 0.462 e. The molecule has 10 atom stereocenters. The van der Waals surface area contributed by atoms with E-state index in [-0.39, 0.29) is 18.0 Å². The lowest BCUT2D eigenvalue weighted by atomic mass is 9.47. The minimum Gasteiger partial charge on any atom is -0.462 e. The van der Waals surface area contributed by atoms with Crippen LogP contribution >= 0.6 is 0 Å². The Kier molecular flexibility index (Phi) is 6.67. The van der Waals surface area contributed by atoms with E-state index >= 15 is 0 Å². The van der Waals surface area contributed by atoms with Gasteiger partial charge in [-0.2, -0.15) is 0 Å².